The largest absolute Gasteiger partial charge is 0.383 e. The van der Waals surface area contributed by atoms with Gasteiger partial charge < -0.3 is 15.4 Å². The Morgan fingerprint density at radius 3 is 2.74 bits per heavy atom. The number of ether oxygens (including phenoxy) is 1. The summed E-state index contributed by atoms with van der Waals surface area (Å²) >= 11 is 6.06. The molecule has 0 saturated carbocycles. The molecule has 1 aromatic carbocycles. The molecule has 0 spiro atoms. The van der Waals surface area contributed by atoms with E-state index in [1.54, 1.807) is 7.11 Å². The van der Waals surface area contributed by atoms with Gasteiger partial charge in [0.2, 0.25) is 5.91 Å². The van der Waals surface area contributed by atoms with Crippen molar-refractivity contribution in [3.63, 3.8) is 0 Å². The van der Waals surface area contributed by atoms with Gasteiger partial charge in [0.1, 0.15) is 0 Å². The van der Waals surface area contributed by atoms with Crippen LogP contribution in [0.25, 0.3) is 0 Å². The van der Waals surface area contributed by atoms with Gasteiger partial charge in [-0.15, -0.1) is 12.4 Å². The van der Waals surface area contributed by atoms with Gasteiger partial charge in [-0.3, -0.25) is 4.79 Å². The number of rotatable bonds is 7. The van der Waals surface area contributed by atoms with E-state index >= 15 is 0 Å². The Bertz CT molecular complexity index is 389. The highest BCUT2D eigenvalue weighted by Gasteiger charge is 2.11. The Kier molecular flexibility index (Phi) is 9.61. The first kappa shape index (κ1) is 18.2. The summed E-state index contributed by atoms with van der Waals surface area (Å²) in [7, 11) is 1.63. The fourth-order valence-corrected chi connectivity index (χ4v) is 1.87. The van der Waals surface area contributed by atoms with Gasteiger partial charge in [-0.25, -0.2) is 0 Å². The average molecular weight is 307 g/mol. The van der Waals surface area contributed by atoms with Gasteiger partial charge in [0, 0.05) is 18.7 Å². The Labute approximate surface area is 125 Å². The highest BCUT2D eigenvalue weighted by atomic mass is 35.5. The number of carbonyl (C=O) groups excluding carboxylic acids is 1. The summed E-state index contributed by atoms with van der Waals surface area (Å²) < 4.78 is 4.88. The Morgan fingerprint density at radius 1 is 1.42 bits per heavy atom. The van der Waals surface area contributed by atoms with E-state index in [9.17, 15) is 4.79 Å². The van der Waals surface area contributed by atoms with E-state index in [1.165, 1.54) is 0 Å². The Morgan fingerprint density at radius 2 is 2.11 bits per heavy atom. The van der Waals surface area contributed by atoms with E-state index in [0.717, 1.165) is 5.56 Å². The predicted molar refractivity (Wildman–Crippen MR) is 80.0 cm³/mol. The molecule has 0 bridgehead atoms. The fraction of sp³-hybridized carbons (Fsp3) is 0.462. The summed E-state index contributed by atoms with van der Waals surface area (Å²) in [5.41, 5.74) is 0.921. The quantitative estimate of drug-likeness (QED) is 0.759. The maximum Gasteiger partial charge on any atom is 0.234 e. The van der Waals surface area contributed by atoms with Crippen molar-refractivity contribution in [1.82, 2.24) is 10.6 Å². The molecule has 0 fully saturated rings. The molecule has 1 rings (SSSR count). The van der Waals surface area contributed by atoms with Crippen LogP contribution < -0.4 is 10.6 Å². The third kappa shape index (κ3) is 6.78. The van der Waals surface area contributed by atoms with E-state index < -0.39 is 0 Å². The molecule has 0 aliphatic carbocycles. The Balaban J connectivity index is 0.00000324. The van der Waals surface area contributed by atoms with Crippen molar-refractivity contribution in [3.8, 4) is 0 Å². The molecule has 2 N–H and O–H groups in total. The van der Waals surface area contributed by atoms with E-state index in [-0.39, 0.29) is 30.9 Å². The minimum Gasteiger partial charge on any atom is -0.383 e. The van der Waals surface area contributed by atoms with Crippen LogP contribution in [0.15, 0.2) is 24.3 Å². The SMILES string of the molecule is COCCNCC(=O)NC(C)c1ccccc1Cl.Cl. The third-order valence-corrected chi connectivity index (χ3v) is 2.86. The Hall–Kier alpha value is -0.810. The van der Waals surface area contributed by atoms with Gasteiger partial charge in [-0.2, -0.15) is 0 Å². The summed E-state index contributed by atoms with van der Waals surface area (Å²) in [6.07, 6.45) is 0. The number of hydrogen-bond acceptors (Lipinski definition) is 3. The van der Waals surface area contributed by atoms with Crippen LogP contribution in [-0.2, 0) is 9.53 Å². The maximum atomic E-state index is 11.6. The van der Waals surface area contributed by atoms with Gasteiger partial charge >= 0.3 is 0 Å². The van der Waals surface area contributed by atoms with Gasteiger partial charge in [-0.05, 0) is 18.6 Å². The summed E-state index contributed by atoms with van der Waals surface area (Å²) in [6, 6.07) is 7.39. The van der Waals surface area contributed by atoms with Crippen molar-refractivity contribution in [1.29, 1.82) is 0 Å². The van der Waals surface area contributed by atoms with Crippen LogP contribution in [0, 0.1) is 0 Å². The summed E-state index contributed by atoms with van der Waals surface area (Å²) in [6.45, 7) is 3.43. The zero-order chi connectivity index (χ0) is 13.4. The third-order valence-electron chi connectivity index (χ3n) is 2.52. The van der Waals surface area contributed by atoms with Gasteiger partial charge in [0.05, 0.1) is 19.2 Å². The summed E-state index contributed by atoms with van der Waals surface area (Å²) in [5, 5.41) is 6.54. The minimum atomic E-state index is -0.101. The molecule has 6 heteroatoms. The van der Waals surface area contributed by atoms with Crippen LogP contribution in [0.2, 0.25) is 5.02 Å². The van der Waals surface area contributed by atoms with Crippen LogP contribution in [0.1, 0.15) is 18.5 Å². The van der Waals surface area contributed by atoms with Gasteiger partial charge in [-0.1, -0.05) is 29.8 Å². The summed E-state index contributed by atoms with van der Waals surface area (Å²) in [5.74, 6) is -0.0569. The average Bonchev–Trinajstić information content (AvgIpc) is 2.35. The second kappa shape index (κ2) is 10.0. The maximum absolute atomic E-state index is 11.6. The highest BCUT2D eigenvalue weighted by molar-refractivity contribution is 6.31. The molecule has 0 saturated heterocycles. The minimum absolute atomic E-state index is 0. The number of benzene rings is 1. The lowest BCUT2D eigenvalue weighted by atomic mass is 10.1. The topological polar surface area (TPSA) is 50.4 Å². The molecular formula is C13H20Cl2N2O2. The zero-order valence-corrected chi connectivity index (χ0v) is 12.7. The fourth-order valence-electron chi connectivity index (χ4n) is 1.57. The first-order chi connectivity index (χ1) is 8.65. The molecule has 0 aliphatic rings. The van der Waals surface area contributed by atoms with Crippen molar-refractivity contribution in [2.75, 3.05) is 26.8 Å². The lowest BCUT2D eigenvalue weighted by molar-refractivity contribution is -0.120. The number of nitrogens with one attached hydrogen (secondary N) is 2. The molecule has 1 aromatic rings. The van der Waals surface area contributed by atoms with E-state index in [1.807, 2.05) is 31.2 Å². The first-order valence-electron chi connectivity index (χ1n) is 5.88. The molecule has 19 heavy (non-hydrogen) atoms. The lowest BCUT2D eigenvalue weighted by Gasteiger charge is -2.15. The van der Waals surface area contributed by atoms with Crippen LogP contribution in [0.4, 0.5) is 0 Å². The number of hydrogen-bond donors (Lipinski definition) is 2. The molecular weight excluding hydrogens is 287 g/mol. The smallest absolute Gasteiger partial charge is 0.234 e. The van der Waals surface area contributed by atoms with E-state index in [2.05, 4.69) is 10.6 Å². The molecule has 108 valence electrons. The van der Waals surface area contributed by atoms with Crippen molar-refractivity contribution >= 4 is 29.9 Å². The normalized spacial score (nSPS) is 11.5. The highest BCUT2D eigenvalue weighted by Crippen LogP contribution is 2.21. The monoisotopic (exact) mass is 306 g/mol. The standard InChI is InChI=1S/C13H19ClN2O2.ClH/c1-10(11-5-3-4-6-12(11)14)16-13(17)9-15-7-8-18-2;/h3-6,10,15H,7-9H2,1-2H3,(H,16,17);1H. The van der Waals surface area contributed by atoms with Gasteiger partial charge in [0.15, 0.2) is 0 Å². The molecule has 0 aliphatic heterocycles. The van der Waals surface area contributed by atoms with Crippen molar-refractivity contribution in [2.45, 2.75) is 13.0 Å². The molecule has 1 amide bonds. The molecule has 1 atom stereocenters. The van der Waals surface area contributed by atoms with Crippen LogP contribution >= 0.6 is 24.0 Å². The zero-order valence-electron chi connectivity index (χ0n) is 11.1. The van der Waals surface area contributed by atoms with Crippen molar-refractivity contribution < 1.29 is 9.53 Å². The first-order valence-corrected chi connectivity index (χ1v) is 6.26. The molecule has 1 unspecified atom stereocenters. The van der Waals surface area contributed by atoms with E-state index in [0.29, 0.717) is 18.2 Å². The number of methoxy groups -OCH3 is 1. The predicted octanol–water partition coefficient (Wildman–Crippen LogP) is 2.18. The van der Waals surface area contributed by atoms with Crippen LogP contribution in [-0.4, -0.2) is 32.7 Å². The van der Waals surface area contributed by atoms with Crippen LogP contribution in [0.5, 0.6) is 0 Å². The van der Waals surface area contributed by atoms with Crippen LogP contribution in [0.3, 0.4) is 0 Å². The summed E-state index contributed by atoms with van der Waals surface area (Å²) in [4.78, 5) is 11.6. The van der Waals surface area contributed by atoms with Crippen molar-refractivity contribution in [2.24, 2.45) is 0 Å². The lowest BCUT2D eigenvalue weighted by Crippen LogP contribution is -2.36. The van der Waals surface area contributed by atoms with Gasteiger partial charge in [0.25, 0.3) is 0 Å². The molecule has 0 aromatic heterocycles. The number of carbonyl (C=O) groups is 1. The van der Waals surface area contributed by atoms with Crippen molar-refractivity contribution in [3.05, 3.63) is 34.9 Å². The number of amides is 1. The second-order valence-corrected chi connectivity index (χ2v) is 4.39. The molecule has 0 heterocycles. The molecule has 4 nitrogen and oxygen atoms in total. The second-order valence-electron chi connectivity index (χ2n) is 3.98. The van der Waals surface area contributed by atoms with E-state index in [4.69, 9.17) is 16.3 Å². The molecule has 0 radical (unpaired) electrons. The number of halogens is 2.